The minimum absolute atomic E-state index is 0.0161. The van der Waals surface area contributed by atoms with E-state index in [1.54, 1.807) is 29.8 Å². The molecule has 2 aromatic carbocycles. The number of hydrogen-bond acceptors (Lipinski definition) is 7. The highest BCUT2D eigenvalue weighted by molar-refractivity contribution is 7.99. The van der Waals surface area contributed by atoms with Crippen LogP contribution in [0.4, 0.5) is 18.9 Å². The van der Waals surface area contributed by atoms with Crippen molar-refractivity contribution in [2.75, 3.05) is 14.2 Å². The average Bonchev–Trinajstić information content (AvgIpc) is 3.07. The van der Waals surface area contributed by atoms with Crippen LogP contribution >= 0.6 is 11.8 Å². The molecule has 0 saturated carbocycles. The van der Waals surface area contributed by atoms with Crippen molar-refractivity contribution in [1.82, 2.24) is 14.8 Å². The molecule has 0 atom stereocenters. The van der Waals surface area contributed by atoms with Gasteiger partial charge in [-0.15, -0.1) is 10.2 Å². The molecule has 0 bridgehead atoms. The summed E-state index contributed by atoms with van der Waals surface area (Å²) in [5, 5.41) is 19.7. The van der Waals surface area contributed by atoms with Gasteiger partial charge in [-0.05, 0) is 42.1 Å². The maximum atomic E-state index is 12.9. The van der Waals surface area contributed by atoms with Crippen molar-refractivity contribution < 1.29 is 27.6 Å². The van der Waals surface area contributed by atoms with Crippen LogP contribution in [-0.4, -0.2) is 33.9 Å². The Bertz CT molecular complexity index is 1100. The summed E-state index contributed by atoms with van der Waals surface area (Å²) in [6, 6.07) is 7.47. The van der Waals surface area contributed by atoms with Gasteiger partial charge in [-0.25, -0.2) is 0 Å². The normalized spacial score (nSPS) is 11.4. The fourth-order valence-corrected chi connectivity index (χ4v) is 3.53. The first-order valence-electron chi connectivity index (χ1n) is 8.31. The van der Waals surface area contributed by atoms with Crippen molar-refractivity contribution >= 4 is 17.4 Å². The van der Waals surface area contributed by atoms with E-state index in [2.05, 4.69) is 10.2 Å². The van der Waals surface area contributed by atoms with E-state index >= 15 is 0 Å². The molecule has 3 rings (SSSR count). The molecule has 12 heteroatoms. The lowest BCUT2D eigenvalue weighted by molar-refractivity contribution is -0.388. The first kappa shape index (κ1) is 21.4. The number of aromatic nitrogens is 3. The zero-order chi connectivity index (χ0) is 22.1. The standard InChI is InChI=1S/C18H15F3N4O4S/c1-24-16(10-4-6-13(28-2)14(8-10)29-3)22-23-17(24)30-15-7-5-11(18(19,20)21)9-12(15)25(26)27/h4-9H,1-3H3. The molecule has 1 aromatic heterocycles. The average molecular weight is 440 g/mol. The lowest BCUT2D eigenvalue weighted by Crippen LogP contribution is -2.06. The lowest BCUT2D eigenvalue weighted by Gasteiger charge is -2.10. The Labute approximate surface area is 172 Å². The highest BCUT2D eigenvalue weighted by atomic mass is 32.2. The largest absolute Gasteiger partial charge is 0.493 e. The number of alkyl halides is 3. The molecule has 3 aromatic rings. The third-order valence-electron chi connectivity index (χ3n) is 4.16. The van der Waals surface area contributed by atoms with Crippen molar-refractivity contribution in [3.05, 3.63) is 52.1 Å². The van der Waals surface area contributed by atoms with Gasteiger partial charge in [-0.2, -0.15) is 13.2 Å². The summed E-state index contributed by atoms with van der Waals surface area (Å²) < 4.78 is 50.7. The Morgan fingerprint density at radius 1 is 1.07 bits per heavy atom. The second kappa shape index (κ2) is 8.22. The van der Waals surface area contributed by atoms with Gasteiger partial charge in [0.2, 0.25) is 0 Å². The van der Waals surface area contributed by atoms with Crippen LogP contribution in [0.15, 0.2) is 46.5 Å². The Morgan fingerprint density at radius 3 is 2.37 bits per heavy atom. The second-order valence-corrected chi connectivity index (χ2v) is 6.98. The number of benzene rings is 2. The molecule has 8 nitrogen and oxygen atoms in total. The smallest absolute Gasteiger partial charge is 0.416 e. The molecule has 1 heterocycles. The Morgan fingerprint density at radius 2 is 1.77 bits per heavy atom. The van der Waals surface area contributed by atoms with Gasteiger partial charge in [-0.3, -0.25) is 10.1 Å². The van der Waals surface area contributed by atoms with E-state index in [1.165, 1.54) is 14.2 Å². The topological polar surface area (TPSA) is 92.3 Å². The quantitative estimate of drug-likeness (QED) is 0.409. The van der Waals surface area contributed by atoms with E-state index in [9.17, 15) is 23.3 Å². The maximum absolute atomic E-state index is 12.9. The van der Waals surface area contributed by atoms with Crippen LogP contribution in [0.3, 0.4) is 0 Å². The number of nitrogens with zero attached hydrogens (tertiary/aromatic N) is 4. The number of methoxy groups -OCH3 is 2. The SMILES string of the molecule is COc1ccc(-c2nnc(Sc3ccc(C(F)(F)F)cc3[N+](=O)[O-])n2C)cc1OC. The van der Waals surface area contributed by atoms with Crippen molar-refractivity contribution in [3.8, 4) is 22.9 Å². The van der Waals surface area contributed by atoms with Crippen LogP contribution in [0.2, 0.25) is 0 Å². The molecule has 0 aliphatic rings. The number of halogens is 3. The first-order chi connectivity index (χ1) is 14.2. The highest BCUT2D eigenvalue weighted by Gasteiger charge is 2.33. The summed E-state index contributed by atoms with van der Waals surface area (Å²) in [5.41, 5.74) is -1.11. The Kier molecular flexibility index (Phi) is 5.87. The molecule has 0 unspecified atom stereocenters. The van der Waals surface area contributed by atoms with E-state index in [0.29, 0.717) is 29.0 Å². The molecule has 0 saturated heterocycles. The fourth-order valence-electron chi connectivity index (χ4n) is 2.65. The molecule has 0 radical (unpaired) electrons. The molecule has 30 heavy (non-hydrogen) atoms. The predicted octanol–water partition coefficient (Wildman–Crippen LogP) is 4.58. The number of nitro groups is 1. The van der Waals surface area contributed by atoms with Gasteiger partial charge in [-0.1, -0.05) is 0 Å². The zero-order valence-corrected chi connectivity index (χ0v) is 16.7. The number of hydrogen-bond donors (Lipinski definition) is 0. The van der Waals surface area contributed by atoms with Crippen LogP contribution in [0.25, 0.3) is 11.4 Å². The van der Waals surface area contributed by atoms with Crippen molar-refractivity contribution in [2.45, 2.75) is 16.2 Å². The van der Waals surface area contributed by atoms with Crippen LogP contribution in [0.5, 0.6) is 11.5 Å². The summed E-state index contributed by atoms with van der Waals surface area (Å²) in [6.45, 7) is 0. The van der Waals surface area contributed by atoms with Crippen molar-refractivity contribution in [1.29, 1.82) is 0 Å². The summed E-state index contributed by atoms with van der Waals surface area (Å²) in [5.74, 6) is 1.44. The first-order valence-corrected chi connectivity index (χ1v) is 9.12. The van der Waals surface area contributed by atoms with E-state index in [1.807, 2.05) is 0 Å². The van der Waals surface area contributed by atoms with E-state index in [0.717, 1.165) is 23.9 Å². The Balaban J connectivity index is 1.97. The molecular formula is C18H15F3N4O4S. The molecular weight excluding hydrogens is 425 g/mol. The van der Waals surface area contributed by atoms with E-state index in [4.69, 9.17) is 9.47 Å². The predicted molar refractivity (Wildman–Crippen MR) is 102 cm³/mol. The number of nitro benzene ring substituents is 1. The third-order valence-corrected chi connectivity index (χ3v) is 5.26. The minimum Gasteiger partial charge on any atom is -0.493 e. The van der Waals surface area contributed by atoms with Crippen LogP contribution in [0.1, 0.15) is 5.56 Å². The molecule has 0 N–H and O–H groups in total. The monoisotopic (exact) mass is 440 g/mol. The van der Waals surface area contributed by atoms with Crippen molar-refractivity contribution in [2.24, 2.45) is 7.05 Å². The minimum atomic E-state index is -4.68. The summed E-state index contributed by atoms with van der Waals surface area (Å²) >= 11 is 0.846. The van der Waals surface area contributed by atoms with Crippen LogP contribution in [-0.2, 0) is 13.2 Å². The third kappa shape index (κ3) is 4.17. The Hall–Kier alpha value is -3.28. The van der Waals surface area contributed by atoms with Gasteiger partial charge in [0, 0.05) is 18.7 Å². The molecule has 0 aliphatic heterocycles. The number of ether oxygens (including phenoxy) is 2. The fraction of sp³-hybridized carbons (Fsp3) is 0.222. The summed E-state index contributed by atoms with van der Waals surface area (Å²) in [6.07, 6.45) is -4.68. The summed E-state index contributed by atoms with van der Waals surface area (Å²) in [7, 11) is 4.64. The van der Waals surface area contributed by atoms with Gasteiger partial charge in [0.1, 0.15) is 0 Å². The zero-order valence-electron chi connectivity index (χ0n) is 15.9. The van der Waals surface area contributed by atoms with Crippen LogP contribution in [0, 0.1) is 10.1 Å². The van der Waals surface area contributed by atoms with Gasteiger partial charge < -0.3 is 14.0 Å². The molecule has 158 valence electrons. The summed E-state index contributed by atoms with van der Waals surface area (Å²) in [4.78, 5) is 10.4. The molecule has 0 amide bonds. The van der Waals surface area contributed by atoms with Gasteiger partial charge >= 0.3 is 6.18 Å². The second-order valence-electron chi connectivity index (χ2n) is 5.97. The maximum Gasteiger partial charge on any atom is 0.416 e. The molecule has 0 fully saturated rings. The molecule has 0 spiro atoms. The van der Waals surface area contributed by atoms with Gasteiger partial charge in [0.05, 0.1) is 29.6 Å². The van der Waals surface area contributed by atoms with Gasteiger partial charge in [0.15, 0.2) is 22.5 Å². The van der Waals surface area contributed by atoms with Crippen LogP contribution < -0.4 is 9.47 Å². The van der Waals surface area contributed by atoms with Crippen molar-refractivity contribution in [3.63, 3.8) is 0 Å². The van der Waals surface area contributed by atoms with E-state index < -0.39 is 22.4 Å². The van der Waals surface area contributed by atoms with Gasteiger partial charge in [0.25, 0.3) is 5.69 Å². The lowest BCUT2D eigenvalue weighted by atomic mass is 10.2. The molecule has 0 aliphatic carbocycles. The highest BCUT2D eigenvalue weighted by Crippen LogP contribution is 2.39. The number of rotatable bonds is 6. The van der Waals surface area contributed by atoms with E-state index in [-0.39, 0.29) is 10.1 Å².